The van der Waals surface area contributed by atoms with Crippen molar-refractivity contribution in [1.29, 1.82) is 0 Å². The number of hydrogen-bond acceptors (Lipinski definition) is 14. The van der Waals surface area contributed by atoms with Crippen molar-refractivity contribution in [2.24, 2.45) is 11.8 Å². The highest BCUT2D eigenvalue weighted by atomic mass is 16.2. The van der Waals surface area contributed by atoms with Crippen molar-refractivity contribution >= 4 is 57.7 Å². The van der Waals surface area contributed by atoms with E-state index in [1.54, 1.807) is 10.7 Å². The van der Waals surface area contributed by atoms with Crippen LogP contribution in [-0.4, -0.2) is 151 Å². The summed E-state index contributed by atoms with van der Waals surface area (Å²) in [7, 11) is 1.85. The van der Waals surface area contributed by atoms with Crippen LogP contribution >= 0.6 is 0 Å². The van der Waals surface area contributed by atoms with Gasteiger partial charge in [0.15, 0.2) is 0 Å². The average Bonchev–Trinajstić information content (AvgIpc) is 4.08. The van der Waals surface area contributed by atoms with Crippen molar-refractivity contribution in [3.05, 3.63) is 89.4 Å². The minimum Gasteiger partial charge on any atom is -0.371 e. The van der Waals surface area contributed by atoms with Crippen LogP contribution in [0.25, 0.3) is 22.2 Å². The van der Waals surface area contributed by atoms with Crippen LogP contribution in [0.5, 0.6) is 0 Å². The van der Waals surface area contributed by atoms with Crippen molar-refractivity contribution in [3.8, 4) is 11.3 Å². The highest BCUT2D eigenvalue weighted by Crippen LogP contribution is 2.35. The largest absolute Gasteiger partial charge is 0.371 e. The third-order valence-corrected chi connectivity index (χ3v) is 15.8. The average molecular weight is 948 g/mol. The van der Waals surface area contributed by atoms with Gasteiger partial charge in [-0.25, -0.2) is 9.67 Å². The highest BCUT2D eigenvalue weighted by Gasteiger charge is 2.44. The van der Waals surface area contributed by atoms with Crippen LogP contribution in [0, 0.1) is 11.8 Å². The van der Waals surface area contributed by atoms with Gasteiger partial charge in [0.1, 0.15) is 17.6 Å². The monoisotopic (exact) mass is 948 g/mol. The molecule has 3 aromatic heterocycles. The van der Waals surface area contributed by atoms with E-state index in [1.807, 2.05) is 61.5 Å². The fourth-order valence-electron chi connectivity index (χ4n) is 11.7. The molecule has 9 heterocycles. The summed E-state index contributed by atoms with van der Waals surface area (Å²) in [6.45, 7) is 18.8. The van der Waals surface area contributed by atoms with Gasteiger partial charge in [-0.15, -0.1) is 0 Å². The number of nitrogens with zero attached hydrogens (tertiary/aromatic N) is 12. The summed E-state index contributed by atoms with van der Waals surface area (Å²) < 4.78 is 1.62. The number of anilines is 4. The second kappa shape index (κ2) is 18.4. The van der Waals surface area contributed by atoms with Gasteiger partial charge < -0.3 is 30.2 Å². The Balaban J connectivity index is 0.652. The maximum atomic E-state index is 13.6. The molecule has 4 amide bonds. The first kappa shape index (κ1) is 45.5. The SMILES string of the molecule is C=C1CCC(N2C(=O)c3ccc(N4CCC(CN5CCC(CN6[C@H](C)CN(c7cc(-c8n[nH]c9ccc(NC(=O)C%10=C(C)N(C)c%11nnnn%11C%10)cc89)ccn7)C[C@@H]6C)CC5)CC4)cc3C2=O)C(=O)N1. The number of hydrogen-bond donors (Lipinski definition) is 3. The van der Waals surface area contributed by atoms with Crippen molar-refractivity contribution in [3.63, 3.8) is 0 Å². The zero-order chi connectivity index (χ0) is 48.4. The molecule has 2 aromatic carbocycles. The number of piperazine rings is 1. The number of carbonyl (C=O) groups excluding carboxylic acids is 4. The fraction of sp³-hybridized carbons (Fsp3) is 0.471. The topological polar surface area (TPSA) is 197 Å². The molecule has 4 fully saturated rings. The van der Waals surface area contributed by atoms with Gasteiger partial charge in [0.05, 0.1) is 28.8 Å². The van der Waals surface area contributed by atoms with Gasteiger partial charge in [-0.2, -0.15) is 5.10 Å². The summed E-state index contributed by atoms with van der Waals surface area (Å²) in [5.41, 5.74) is 7.05. The molecule has 0 radical (unpaired) electrons. The fourth-order valence-corrected chi connectivity index (χ4v) is 11.7. The van der Waals surface area contributed by atoms with E-state index in [0.29, 0.717) is 77.3 Å². The Morgan fingerprint density at radius 3 is 2.37 bits per heavy atom. The number of tetrazole rings is 1. The van der Waals surface area contributed by atoms with Gasteiger partial charge >= 0.3 is 0 Å². The molecule has 5 aromatic rings. The van der Waals surface area contributed by atoms with E-state index in [4.69, 9.17) is 10.1 Å². The maximum absolute atomic E-state index is 13.6. The lowest BCUT2D eigenvalue weighted by atomic mass is 9.91. The lowest BCUT2D eigenvalue weighted by molar-refractivity contribution is -0.125. The third kappa shape index (κ3) is 8.48. The molecule has 3 N–H and O–H groups in total. The van der Waals surface area contributed by atoms with Gasteiger partial charge in [0, 0.05) is 98.3 Å². The molecule has 364 valence electrons. The Labute approximate surface area is 406 Å². The molecule has 6 aliphatic rings. The number of pyridine rings is 1. The summed E-state index contributed by atoms with van der Waals surface area (Å²) in [6, 6.07) is 15.4. The molecule has 19 nitrogen and oxygen atoms in total. The minimum absolute atomic E-state index is 0.205. The molecule has 19 heteroatoms. The van der Waals surface area contributed by atoms with Crippen LogP contribution in [0.15, 0.2) is 78.3 Å². The summed E-state index contributed by atoms with van der Waals surface area (Å²) in [6.07, 6.45) is 7.39. The molecule has 6 aliphatic heterocycles. The number of amides is 4. The highest BCUT2D eigenvalue weighted by molar-refractivity contribution is 6.23. The third-order valence-electron chi connectivity index (χ3n) is 15.8. The predicted molar refractivity (Wildman–Crippen MR) is 266 cm³/mol. The van der Waals surface area contributed by atoms with E-state index >= 15 is 0 Å². The number of fused-ring (bicyclic) bond motifs is 3. The summed E-state index contributed by atoms with van der Waals surface area (Å²) >= 11 is 0. The Morgan fingerprint density at radius 2 is 1.60 bits per heavy atom. The molecule has 3 atom stereocenters. The number of benzene rings is 2. The first-order chi connectivity index (χ1) is 33.9. The Bertz CT molecular complexity index is 2910. The Morgan fingerprint density at radius 1 is 0.857 bits per heavy atom. The smallest absolute Gasteiger partial charge is 0.262 e. The van der Waals surface area contributed by atoms with Crippen molar-refractivity contribution in [1.82, 2.24) is 55.4 Å². The van der Waals surface area contributed by atoms with Crippen LogP contribution in [0.4, 0.5) is 23.1 Å². The van der Waals surface area contributed by atoms with Crippen molar-refractivity contribution in [2.75, 3.05) is 79.4 Å². The molecule has 70 heavy (non-hydrogen) atoms. The lowest BCUT2D eigenvalue weighted by Crippen LogP contribution is -2.58. The summed E-state index contributed by atoms with van der Waals surface area (Å²) in [5, 5.41) is 26.5. The molecule has 0 aliphatic carbocycles. The van der Waals surface area contributed by atoms with Crippen molar-refractivity contribution in [2.45, 2.75) is 84.0 Å². The van der Waals surface area contributed by atoms with Crippen LogP contribution < -0.4 is 25.3 Å². The number of imide groups is 1. The van der Waals surface area contributed by atoms with E-state index in [9.17, 15) is 19.2 Å². The first-order valence-corrected chi connectivity index (χ1v) is 24.8. The molecule has 1 unspecified atom stereocenters. The number of carbonyl (C=O) groups is 4. The predicted octanol–water partition coefficient (Wildman–Crippen LogP) is 4.89. The lowest BCUT2D eigenvalue weighted by Gasteiger charge is -2.47. The number of aromatic amines is 1. The van der Waals surface area contributed by atoms with E-state index in [0.717, 1.165) is 109 Å². The van der Waals surface area contributed by atoms with Gasteiger partial charge in [0.2, 0.25) is 11.9 Å². The van der Waals surface area contributed by atoms with E-state index < -0.39 is 11.9 Å². The second-order valence-electron chi connectivity index (χ2n) is 20.3. The molecule has 4 saturated heterocycles. The quantitative estimate of drug-likeness (QED) is 0.160. The normalized spacial score (nSPS) is 23.1. The number of aromatic nitrogens is 7. The van der Waals surface area contributed by atoms with Crippen LogP contribution in [-0.2, 0) is 16.1 Å². The number of nitrogens with one attached hydrogen (secondary N) is 3. The standard InChI is InChI=1S/C51H61N15O4/c1-30-6-11-44(48(68)53-30)66-49(69)39-9-8-38(24-40(39)50(66)70)62-20-15-34(16-21-62)27-61-18-13-35(14-19-61)28-64-31(2)25-63(26-32(64)3)45-22-36(12-17-52-45)46-41-23-37(7-10-43(41)55-56-46)54-47(67)42-29-65-51(57-58-59-65)60(5)33(42)4/h7-10,12,17,22-24,31-32,34-35,44H,1,6,11,13-16,18-21,25-29H2,2-5H3,(H,53,68)(H,54,67)(H,55,56)/t31-,32+,44?. The Hall–Kier alpha value is -6.99. The van der Waals surface area contributed by atoms with Gasteiger partial charge in [-0.3, -0.25) is 34.1 Å². The molecule has 0 bridgehead atoms. The maximum Gasteiger partial charge on any atom is 0.262 e. The molecular formula is C51H61N15O4. The number of H-pyrrole nitrogens is 1. The number of piperidine rings is 3. The number of likely N-dealkylation sites (tertiary alicyclic amines) is 1. The first-order valence-electron chi connectivity index (χ1n) is 24.8. The van der Waals surface area contributed by atoms with Crippen LogP contribution in [0.1, 0.15) is 80.0 Å². The number of allylic oxidation sites excluding steroid dienone is 2. The van der Waals surface area contributed by atoms with Gasteiger partial charge in [-0.05, 0) is 143 Å². The molecule has 0 spiro atoms. The minimum atomic E-state index is -0.805. The summed E-state index contributed by atoms with van der Waals surface area (Å²) in [4.78, 5) is 70.9. The van der Waals surface area contributed by atoms with Crippen LogP contribution in [0.2, 0.25) is 0 Å². The van der Waals surface area contributed by atoms with E-state index in [-0.39, 0.29) is 17.7 Å². The number of rotatable bonds is 10. The molecule has 0 saturated carbocycles. The molecule has 11 rings (SSSR count). The zero-order valence-electron chi connectivity index (χ0n) is 40.4. The van der Waals surface area contributed by atoms with Gasteiger partial charge in [-0.1, -0.05) is 11.7 Å². The van der Waals surface area contributed by atoms with Crippen LogP contribution in [0.3, 0.4) is 0 Å². The summed E-state index contributed by atoms with van der Waals surface area (Å²) in [5.74, 6) is 1.50. The molecular weight excluding hydrogens is 887 g/mol. The van der Waals surface area contributed by atoms with Gasteiger partial charge in [0.25, 0.3) is 17.7 Å². The zero-order valence-corrected chi connectivity index (χ0v) is 40.4. The second-order valence-corrected chi connectivity index (χ2v) is 20.3. The Kier molecular flexibility index (Phi) is 11.9. The van der Waals surface area contributed by atoms with E-state index in [2.05, 4.69) is 77.4 Å². The van der Waals surface area contributed by atoms with E-state index in [1.165, 1.54) is 12.8 Å². The van der Waals surface area contributed by atoms with Crippen molar-refractivity contribution < 1.29 is 19.2 Å².